The van der Waals surface area contributed by atoms with Crippen molar-refractivity contribution in [2.24, 2.45) is 0 Å². The molecule has 0 aliphatic heterocycles. The van der Waals surface area contributed by atoms with Gasteiger partial charge in [-0.1, -0.05) is 19.4 Å². The van der Waals surface area contributed by atoms with Crippen LogP contribution in [0.4, 0.5) is 4.39 Å². The van der Waals surface area contributed by atoms with Crippen molar-refractivity contribution in [1.82, 2.24) is 5.32 Å². The van der Waals surface area contributed by atoms with Gasteiger partial charge < -0.3 is 5.32 Å². The summed E-state index contributed by atoms with van der Waals surface area (Å²) in [4.78, 5) is 11.9. The molecule has 2 aliphatic carbocycles. The maximum Gasteiger partial charge on any atom is 0.244 e. The van der Waals surface area contributed by atoms with Crippen molar-refractivity contribution >= 4 is 11.5 Å². The Balaban J connectivity index is 1.87. The van der Waals surface area contributed by atoms with Gasteiger partial charge in [0.05, 0.1) is 0 Å². The van der Waals surface area contributed by atoms with Gasteiger partial charge in [-0.2, -0.15) is 0 Å². The number of halogens is 1. The minimum Gasteiger partial charge on any atom is -0.350 e. The van der Waals surface area contributed by atoms with Gasteiger partial charge in [0.2, 0.25) is 5.91 Å². The molecule has 0 saturated heterocycles. The van der Waals surface area contributed by atoms with E-state index in [9.17, 15) is 9.18 Å². The van der Waals surface area contributed by atoms with Crippen LogP contribution in [0.15, 0.2) is 24.3 Å². The van der Waals surface area contributed by atoms with Gasteiger partial charge in [-0.05, 0) is 60.4 Å². The average Bonchev–Trinajstić information content (AvgIpc) is 3.15. The lowest BCUT2D eigenvalue weighted by Gasteiger charge is -2.08. The van der Waals surface area contributed by atoms with Crippen LogP contribution in [0.1, 0.15) is 56.1 Å². The molecule has 2 nitrogen and oxygen atoms in total. The third kappa shape index (κ3) is 2.77. The van der Waals surface area contributed by atoms with Crippen LogP contribution in [0.5, 0.6) is 0 Å². The lowest BCUT2D eigenvalue weighted by molar-refractivity contribution is -0.116. The maximum absolute atomic E-state index is 13.5. The summed E-state index contributed by atoms with van der Waals surface area (Å²) in [6.07, 6.45) is 6.87. The molecule has 106 valence electrons. The Labute approximate surface area is 119 Å². The third-order valence-corrected chi connectivity index (χ3v) is 4.13. The molecular formula is C17H20FNO. The second-order valence-corrected chi connectivity index (χ2v) is 5.87. The van der Waals surface area contributed by atoms with Crippen LogP contribution in [0, 0.1) is 5.82 Å². The molecule has 2 aliphatic rings. The van der Waals surface area contributed by atoms with E-state index in [1.807, 2.05) is 6.07 Å². The summed E-state index contributed by atoms with van der Waals surface area (Å²) in [5.74, 6) is 0.167. The number of allylic oxidation sites excluding steroid dienone is 1. The van der Waals surface area contributed by atoms with E-state index in [4.69, 9.17) is 0 Å². The quantitative estimate of drug-likeness (QED) is 0.831. The van der Waals surface area contributed by atoms with Crippen LogP contribution < -0.4 is 5.32 Å². The summed E-state index contributed by atoms with van der Waals surface area (Å²) in [5.41, 5.74) is 3.10. The van der Waals surface area contributed by atoms with Gasteiger partial charge in [0.1, 0.15) is 5.82 Å². The van der Waals surface area contributed by atoms with Gasteiger partial charge in [0.15, 0.2) is 0 Å². The highest BCUT2D eigenvalue weighted by Crippen LogP contribution is 2.43. The van der Waals surface area contributed by atoms with Crippen LogP contribution in [-0.2, 0) is 4.79 Å². The minimum atomic E-state index is -0.227. The van der Waals surface area contributed by atoms with Crippen LogP contribution in [0.2, 0.25) is 0 Å². The van der Waals surface area contributed by atoms with Crippen LogP contribution in [-0.4, -0.2) is 11.9 Å². The van der Waals surface area contributed by atoms with Gasteiger partial charge in [-0.25, -0.2) is 4.39 Å². The van der Waals surface area contributed by atoms with E-state index in [-0.39, 0.29) is 11.7 Å². The molecule has 1 aromatic rings. The first-order chi connectivity index (χ1) is 9.67. The highest BCUT2D eigenvalue weighted by atomic mass is 19.1. The van der Waals surface area contributed by atoms with Crippen molar-refractivity contribution in [2.45, 2.75) is 51.0 Å². The van der Waals surface area contributed by atoms with Gasteiger partial charge in [-0.3, -0.25) is 4.79 Å². The summed E-state index contributed by atoms with van der Waals surface area (Å²) < 4.78 is 13.5. The lowest BCUT2D eigenvalue weighted by Crippen LogP contribution is -2.23. The van der Waals surface area contributed by atoms with E-state index in [1.54, 1.807) is 12.1 Å². The molecule has 0 radical (unpaired) electrons. The van der Waals surface area contributed by atoms with E-state index < -0.39 is 0 Å². The van der Waals surface area contributed by atoms with Crippen LogP contribution >= 0.6 is 0 Å². The van der Waals surface area contributed by atoms with Crippen molar-refractivity contribution < 1.29 is 9.18 Å². The average molecular weight is 273 g/mol. The smallest absolute Gasteiger partial charge is 0.244 e. The zero-order chi connectivity index (χ0) is 14.1. The molecular weight excluding hydrogens is 253 g/mol. The molecule has 0 heterocycles. The van der Waals surface area contributed by atoms with Crippen molar-refractivity contribution in [2.75, 3.05) is 0 Å². The molecule has 1 saturated carbocycles. The predicted molar refractivity (Wildman–Crippen MR) is 77.8 cm³/mol. The number of amides is 1. The third-order valence-electron chi connectivity index (χ3n) is 4.13. The number of carbonyl (C=O) groups excluding carboxylic acids is 1. The summed E-state index contributed by atoms with van der Waals surface area (Å²) in [6.45, 7) is 2.16. The fourth-order valence-corrected chi connectivity index (χ4v) is 3.02. The van der Waals surface area contributed by atoms with Gasteiger partial charge in [0.25, 0.3) is 0 Å². The standard InChI is InChI=1S/C17H20FNO/c1-2-3-11-8-12(9-17(20)19-14-5-6-14)16-10-13(18)4-7-15(11)16/h4,7,9-11,14H,2-3,5-6,8H2,1H3,(H,19,20)/b12-9+. The molecule has 1 fully saturated rings. The van der Waals surface area contributed by atoms with E-state index in [2.05, 4.69) is 12.2 Å². The Morgan fingerprint density at radius 2 is 2.25 bits per heavy atom. The molecule has 20 heavy (non-hydrogen) atoms. The highest BCUT2D eigenvalue weighted by molar-refractivity contribution is 5.97. The predicted octanol–water partition coefficient (Wildman–Crippen LogP) is 3.78. The Kier molecular flexibility index (Phi) is 3.60. The topological polar surface area (TPSA) is 29.1 Å². The van der Waals surface area contributed by atoms with Crippen molar-refractivity contribution in [1.29, 1.82) is 0 Å². The minimum absolute atomic E-state index is 0.0325. The molecule has 1 amide bonds. The molecule has 0 aromatic heterocycles. The second-order valence-electron chi connectivity index (χ2n) is 5.87. The van der Waals surface area contributed by atoms with E-state index in [0.29, 0.717) is 12.0 Å². The molecule has 1 unspecified atom stereocenters. The SMILES string of the molecule is CCCC1C/C(=C\C(=O)NC2CC2)c2cc(F)ccc21. The second kappa shape index (κ2) is 5.39. The number of rotatable bonds is 4. The van der Waals surface area contributed by atoms with Crippen LogP contribution in [0.25, 0.3) is 5.57 Å². The van der Waals surface area contributed by atoms with Gasteiger partial charge in [-0.15, -0.1) is 0 Å². The first-order valence-corrected chi connectivity index (χ1v) is 7.48. The number of fused-ring (bicyclic) bond motifs is 1. The molecule has 1 aromatic carbocycles. The Hall–Kier alpha value is -1.64. The van der Waals surface area contributed by atoms with Gasteiger partial charge >= 0.3 is 0 Å². The molecule has 0 spiro atoms. The fraction of sp³-hybridized carbons (Fsp3) is 0.471. The number of hydrogen-bond donors (Lipinski definition) is 1. The summed E-state index contributed by atoms with van der Waals surface area (Å²) in [7, 11) is 0. The number of benzene rings is 1. The fourth-order valence-electron chi connectivity index (χ4n) is 3.02. The molecule has 3 heteroatoms. The van der Waals surface area contributed by atoms with Crippen molar-refractivity contribution in [3.63, 3.8) is 0 Å². The number of nitrogens with one attached hydrogen (secondary N) is 1. The van der Waals surface area contributed by atoms with E-state index >= 15 is 0 Å². The van der Waals surface area contributed by atoms with E-state index in [1.165, 1.54) is 11.6 Å². The Morgan fingerprint density at radius 3 is 2.95 bits per heavy atom. The normalized spacial score (nSPS) is 22.9. The summed E-state index contributed by atoms with van der Waals surface area (Å²) in [6, 6.07) is 5.33. The summed E-state index contributed by atoms with van der Waals surface area (Å²) >= 11 is 0. The molecule has 3 rings (SSSR count). The van der Waals surface area contributed by atoms with Crippen LogP contribution in [0.3, 0.4) is 0 Å². The lowest BCUT2D eigenvalue weighted by atomic mass is 9.97. The largest absolute Gasteiger partial charge is 0.350 e. The zero-order valence-corrected chi connectivity index (χ0v) is 11.8. The van der Waals surface area contributed by atoms with Crippen molar-refractivity contribution in [3.05, 3.63) is 41.2 Å². The monoisotopic (exact) mass is 273 g/mol. The van der Waals surface area contributed by atoms with Gasteiger partial charge in [0, 0.05) is 12.1 Å². The molecule has 1 N–H and O–H groups in total. The number of carbonyl (C=O) groups is 1. The zero-order valence-electron chi connectivity index (χ0n) is 11.8. The first kappa shape index (κ1) is 13.3. The highest BCUT2D eigenvalue weighted by Gasteiger charge is 2.28. The Bertz CT molecular complexity index is 560. The molecule has 0 bridgehead atoms. The Morgan fingerprint density at radius 1 is 1.45 bits per heavy atom. The molecule has 1 atom stereocenters. The van der Waals surface area contributed by atoms with Crippen molar-refractivity contribution in [3.8, 4) is 0 Å². The summed E-state index contributed by atoms with van der Waals surface area (Å²) in [5, 5.41) is 2.96. The maximum atomic E-state index is 13.5. The van der Waals surface area contributed by atoms with E-state index in [0.717, 1.165) is 43.2 Å². The first-order valence-electron chi connectivity index (χ1n) is 7.48. The number of hydrogen-bond acceptors (Lipinski definition) is 1.